The molecule has 48 heavy (non-hydrogen) atoms. The van der Waals surface area contributed by atoms with Crippen molar-refractivity contribution in [1.29, 1.82) is 0 Å². The van der Waals surface area contributed by atoms with Crippen LogP contribution in [0.25, 0.3) is 0 Å². The van der Waals surface area contributed by atoms with Crippen LogP contribution in [0.2, 0.25) is 0 Å². The lowest BCUT2D eigenvalue weighted by Gasteiger charge is -2.49. The third kappa shape index (κ3) is 4.57. The van der Waals surface area contributed by atoms with Gasteiger partial charge in [0.05, 0.1) is 45.7 Å². The highest BCUT2D eigenvalue weighted by atomic mass is 19.4. The van der Waals surface area contributed by atoms with E-state index in [0.717, 1.165) is 4.90 Å². The first-order valence-electron chi connectivity index (χ1n) is 15.1. The van der Waals surface area contributed by atoms with Crippen LogP contribution in [0.4, 0.5) is 37.7 Å². The molecular weight excluding hydrogens is 642 g/mol. The number of phenolic OH excluding ortho intramolecular Hbond substituents is 1. The number of amides is 4. The number of allylic oxidation sites excluding steroid dienone is 2. The van der Waals surface area contributed by atoms with E-state index >= 15 is 0 Å². The normalized spacial score (nSPS) is 28.7. The van der Waals surface area contributed by atoms with Crippen LogP contribution in [0.15, 0.2) is 84.4 Å². The number of aromatic hydroxyl groups is 1. The lowest BCUT2D eigenvalue weighted by molar-refractivity contribution is -0.143. The van der Waals surface area contributed by atoms with Crippen LogP contribution in [-0.4, -0.2) is 28.7 Å². The number of hydrogen-bond donors (Lipinski definition) is 1. The molecule has 1 saturated carbocycles. The minimum atomic E-state index is -5.20. The van der Waals surface area contributed by atoms with Crippen molar-refractivity contribution in [2.75, 3.05) is 9.80 Å². The topological polar surface area (TPSA) is 95.0 Å². The summed E-state index contributed by atoms with van der Waals surface area (Å²) in [7, 11) is 0. The highest BCUT2D eigenvalue weighted by molar-refractivity contribution is 6.25. The fourth-order valence-electron chi connectivity index (χ4n) is 8.21. The molecule has 4 aliphatic rings. The van der Waals surface area contributed by atoms with Gasteiger partial charge in [-0.15, -0.1) is 0 Å². The van der Waals surface area contributed by atoms with Gasteiger partial charge >= 0.3 is 12.4 Å². The number of halogens is 6. The van der Waals surface area contributed by atoms with Gasteiger partial charge in [0.15, 0.2) is 0 Å². The Morgan fingerprint density at radius 1 is 0.729 bits per heavy atom. The number of fused-ring (bicyclic) bond motifs is 4. The Bertz CT molecular complexity index is 1870. The molecule has 4 amide bonds. The van der Waals surface area contributed by atoms with Crippen LogP contribution in [0, 0.1) is 29.1 Å². The zero-order chi connectivity index (χ0) is 34.5. The lowest BCUT2D eigenvalue weighted by Crippen LogP contribution is -2.48. The van der Waals surface area contributed by atoms with E-state index < -0.39 is 87.8 Å². The summed E-state index contributed by atoms with van der Waals surface area (Å²) >= 11 is 0. The Morgan fingerprint density at radius 3 is 1.92 bits per heavy atom. The molecule has 2 aliphatic carbocycles. The molecule has 2 heterocycles. The Labute approximate surface area is 269 Å². The molecule has 3 aromatic rings. The Kier molecular flexibility index (Phi) is 6.94. The third-order valence-corrected chi connectivity index (χ3v) is 10.3. The maximum Gasteiger partial charge on any atom is 0.416 e. The summed E-state index contributed by atoms with van der Waals surface area (Å²) in [6, 6.07) is 14.9. The van der Waals surface area contributed by atoms with Gasteiger partial charge in [-0.3, -0.25) is 19.2 Å². The predicted octanol–water partition coefficient (Wildman–Crippen LogP) is 6.87. The number of carbonyl (C=O) groups excluding carboxylic acids is 4. The van der Waals surface area contributed by atoms with Gasteiger partial charge in [0, 0.05) is 5.92 Å². The highest BCUT2D eigenvalue weighted by Crippen LogP contribution is 2.63. The van der Waals surface area contributed by atoms with Gasteiger partial charge in [0.2, 0.25) is 23.6 Å². The largest absolute Gasteiger partial charge is 0.508 e. The van der Waals surface area contributed by atoms with Crippen molar-refractivity contribution in [3.8, 4) is 5.75 Å². The summed E-state index contributed by atoms with van der Waals surface area (Å²) in [5.74, 6) is -7.96. The smallest absolute Gasteiger partial charge is 0.416 e. The standard InChI is InChI=1S/C35H26F6N2O5/c1-33-26(30(46)43(32(33)48)20-5-3-2-4-6-20)16-25-23(28(33)17-7-9-22(44)10-8-17)11-12-24-27(25)31(47)42(29(24)45)21-14-18(34(36,37)38)13-19(15-21)35(39,40)41/h2-11,13-15,24-28,44H,12,16H2,1H3. The molecule has 0 aromatic heterocycles. The molecule has 248 valence electrons. The van der Waals surface area contributed by atoms with E-state index in [2.05, 4.69) is 0 Å². The second-order valence-electron chi connectivity index (χ2n) is 12.9. The van der Waals surface area contributed by atoms with Crippen LogP contribution in [0.3, 0.4) is 0 Å². The number of imide groups is 2. The van der Waals surface area contributed by atoms with E-state index in [1.54, 1.807) is 55.5 Å². The van der Waals surface area contributed by atoms with E-state index in [9.17, 15) is 50.6 Å². The summed E-state index contributed by atoms with van der Waals surface area (Å²) in [6.07, 6.45) is -8.82. The van der Waals surface area contributed by atoms with Crippen LogP contribution < -0.4 is 9.80 Å². The SMILES string of the molecule is CC12C(=O)N(c3ccccc3)C(=O)C1CC1C(=CCC3C(=O)N(c4cc(C(F)(F)F)cc(C(F)(F)F)c4)C(=O)C31)C2c1ccc(O)cc1. The Balaban J connectivity index is 1.34. The van der Waals surface area contributed by atoms with E-state index in [4.69, 9.17) is 0 Å². The van der Waals surface area contributed by atoms with Gasteiger partial charge < -0.3 is 5.11 Å². The van der Waals surface area contributed by atoms with E-state index in [-0.39, 0.29) is 24.7 Å². The molecule has 6 atom stereocenters. The molecular formula is C35H26F6N2O5. The number of anilines is 2. The zero-order valence-electron chi connectivity index (χ0n) is 25.0. The maximum atomic E-state index is 14.3. The summed E-state index contributed by atoms with van der Waals surface area (Å²) in [5, 5.41) is 10.0. The first-order chi connectivity index (χ1) is 22.5. The van der Waals surface area contributed by atoms with Crippen molar-refractivity contribution in [1.82, 2.24) is 0 Å². The van der Waals surface area contributed by atoms with E-state index in [1.165, 1.54) is 12.1 Å². The van der Waals surface area contributed by atoms with Crippen molar-refractivity contribution in [3.63, 3.8) is 0 Å². The Hall–Kier alpha value is -4.94. The minimum Gasteiger partial charge on any atom is -0.508 e. The molecule has 2 aliphatic heterocycles. The second kappa shape index (κ2) is 10.5. The molecule has 6 unspecified atom stereocenters. The average molecular weight is 669 g/mol. The van der Waals surface area contributed by atoms with Crippen molar-refractivity contribution < 1.29 is 50.6 Å². The minimum absolute atomic E-state index is 0.0586. The molecule has 3 aromatic carbocycles. The summed E-state index contributed by atoms with van der Waals surface area (Å²) in [6.45, 7) is 1.66. The van der Waals surface area contributed by atoms with Gasteiger partial charge in [-0.2, -0.15) is 26.3 Å². The second-order valence-corrected chi connectivity index (χ2v) is 12.9. The van der Waals surface area contributed by atoms with Gasteiger partial charge in [-0.25, -0.2) is 9.80 Å². The van der Waals surface area contributed by atoms with Crippen LogP contribution in [-0.2, 0) is 31.5 Å². The zero-order valence-corrected chi connectivity index (χ0v) is 25.0. The Morgan fingerprint density at radius 2 is 1.33 bits per heavy atom. The molecule has 0 radical (unpaired) electrons. The number of benzene rings is 3. The van der Waals surface area contributed by atoms with Crippen molar-refractivity contribution in [2.45, 2.75) is 38.0 Å². The maximum absolute atomic E-state index is 14.3. The molecule has 3 fully saturated rings. The predicted molar refractivity (Wildman–Crippen MR) is 158 cm³/mol. The first kappa shape index (κ1) is 31.6. The number of phenols is 1. The molecule has 7 nitrogen and oxygen atoms in total. The van der Waals surface area contributed by atoms with Crippen LogP contribution >= 0.6 is 0 Å². The molecule has 2 saturated heterocycles. The van der Waals surface area contributed by atoms with E-state index in [0.29, 0.717) is 33.9 Å². The van der Waals surface area contributed by atoms with Crippen molar-refractivity contribution in [3.05, 3.63) is 101 Å². The number of para-hydroxylation sites is 1. The van der Waals surface area contributed by atoms with Gasteiger partial charge in [0.1, 0.15) is 5.75 Å². The molecule has 7 rings (SSSR count). The molecule has 13 heteroatoms. The summed E-state index contributed by atoms with van der Waals surface area (Å²) in [5.41, 5.74) is -4.09. The summed E-state index contributed by atoms with van der Waals surface area (Å²) < 4.78 is 82.2. The summed E-state index contributed by atoms with van der Waals surface area (Å²) in [4.78, 5) is 57.8. The number of alkyl halides is 6. The van der Waals surface area contributed by atoms with Crippen LogP contribution in [0.5, 0.6) is 5.75 Å². The van der Waals surface area contributed by atoms with Crippen molar-refractivity contribution in [2.24, 2.45) is 29.1 Å². The van der Waals surface area contributed by atoms with Gasteiger partial charge in [-0.1, -0.05) is 42.0 Å². The first-order valence-corrected chi connectivity index (χ1v) is 15.1. The van der Waals surface area contributed by atoms with Gasteiger partial charge in [0.25, 0.3) is 0 Å². The number of nitrogens with zero attached hydrogens (tertiary/aromatic N) is 2. The van der Waals surface area contributed by atoms with Gasteiger partial charge in [-0.05, 0) is 73.7 Å². The molecule has 0 bridgehead atoms. The van der Waals surface area contributed by atoms with E-state index in [1.807, 2.05) is 0 Å². The molecule has 0 spiro atoms. The quantitative estimate of drug-likeness (QED) is 0.187. The molecule has 1 N–H and O–H groups in total. The number of carbonyl (C=O) groups is 4. The average Bonchev–Trinajstić information content (AvgIpc) is 3.40. The van der Waals surface area contributed by atoms with Crippen molar-refractivity contribution >= 4 is 35.0 Å². The number of rotatable bonds is 3. The lowest BCUT2D eigenvalue weighted by atomic mass is 9.51. The highest BCUT2D eigenvalue weighted by Gasteiger charge is 2.67. The fourth-order valence-corrected chi connectivity index (χ4v) is 8.21. The third-order valence-electron chi connectivity index (χ3n) is 10.3. The monoisotopic (exact) mass is 668 g/mol. The van der Waals surface area contributed by atoms with Crippen LogP contribution in [0.1, 0.15) is 42.4 Å². The fraction of sp³-hybridized carbons (Fsp3) is 0.314. The number of hydrogen-bond acceptors (Lipinski definition) is 5.